The molecule has 0 bridgehead atoms. The third-order valence-electron chi connectivity index (χ3n) is 5.50. The Morgan fingerprint density at radius 3 is 2.46 bits per heavy atom. The first-order valence-electron chi connectivity index (χ1n) is 9.49. The molecule has 4 rings (SSSR count). The van der Waals surface area contributed by atoms with Crippen molar-refractivity contribution in [2.75, 3.05) is 7.05 Å². The van der Waals surface area contributed by atoms with E-state index in [-0.39, 0.29) is 11.5 Å². The molecule has 0 fully saturated rings. The van der Waals surface area contributed by atoms with Gasteiger partial charge in [-0.1, -0.05) is 6.07 Å². The molecule has 6 heteroatoms. The van der Waals surface area contributed by atoms with Gasteiger partial charge >= 0.3 is 5.69 Å². The lowest BCUT2D eigenvalue weighted by molar-refractivity contribution is 0.320. The maximum absolute atomic E-state index is 13.7. The summed E-state index contributed by atoms with van der Waals surface area (Å²) in [6.07, 6.45) is 2.12. The van der Waals surface area contributed by atoms with E-state index in [1.165, 1.54) is 11.6 Å². The van der Waals surface area contributed by atoms with Crippen molar-refractivity contribution >= 4 is 21.9 Å². The van der Waals surface area contributed by atoms with E-state index in [1.807, 2.05) is 12.1 Å². The normalized spacial score (nSPS) is 11.9. The first-order chi connectivity index (χ1) is 13.4. The van der Waals surface area contributed by atoms with Crippen molar-refractivity contribution in [3.63, 3.8) is 0 Å². The third kappa shape index (κ3) is 3.03. The SMILES string of the molecule is CCn1cc(CN(C)Cc2ccc3c(c2)n(C)c(=O)n3C)c2ccc(F)cc21. The van der Waals surface area contributed by atoms with Gasteiger partial charge in [0.05, 0.1) is 16.6 Å². The molecule has 0 unspecified atom stereocenters. The first kappa shape index (κ1) is 18.5. The van der Waals surface area contributed by atoms with E-state index in [0.717, 1.165) is 47.1 Å². The van der Waals surface area contributed by atoms with Crippen LogP contribution in [-0.2, 0) is 33.7 Å². The molecule has 2 heterocycles. The third-order valence-corrected chi connectivity index (χ3v) is 5.50. The Bertz CT molecular complexity index is 1230. The number of fused-ring (bicyclic) bond motifs is 2. The predicted molar refractivity (Wildman–Crippen MR) is 111 cm³/mol. The Balaban J connectivity index is 1.60. The van der Waals surface area contributed by atoms with E-state index in [1.54, 1.807) is 29.3 Å². The molecule has 0 aliphatic carbocycles. The fourth-order valence-corrected chi connectivity index (χ4v) is 4.04. The Kier molecular flexibility index (Phi) is 4.59. The molecule has 0 radical (unpaired) electrons. The van der Waals surface area contributed by atoms with Crippen molar-refractivity contribution < 1.29 is 4.39 Å². The highest BCUT2D eigenvalue weighted by molar-refractivity contribution is 5.84. The second-order valence-electron chi connectivity index (χ2n) is 7.50. The van der Waals surface area contributed by atoms with Gasteiger partial charge in [0, 0.05) is 45.3 Å². The second kappa shape index (κ2) is 6.95. The Morgan fingerprint density at radius 1 is 0.964 bits per heavy atom. The number of imidazole rings is 1. The second-order valence-corrected chi connectivity index (χ2v) is 7.50. The van der Waals surface area contributed by atoms with Crippen LogP contribution in [0.15, 0.2) is 47.4 Å². The van der Waals surface area contributed by atoms with E-state index >= 15 is 0 Å². The molecule has 0 N–H and O–H groups in total. The fourth-order valence-electron chi connectivity index (χ4n) is 4.04. The van der Waals surface area contributed by atoms with Crippen molar-refractivity contribution in [1.29, 1.82) is 0 Å². The standard InChI is InChI=1S/C22H25FN4O/c1-5-27-14-16(18-8-7-17(23)11-20(18)27)13-24(2)12-15-6-9-19-21(10-15)26(4)22(28)25(19)3/h6-11,14H,5,12-13H2,1-4H3. The van der Waals surface area contributed by atoms with Crippen LogP contribution in [0, 0.1) is 5.82 Å². The molecule has 28 heavy (non-hydrogen) atoms. The van der Waals surface area contributed by atoms with E-state index in [9.17, 15) is 9.18 Å². The number of aryl methyl sites for hydroxylation is 3. The van der Waals surface area contributed by atoms with E-state index in [2.05, 4.69) is 41.8 Å². The Labute approximate surface area is 163 Å². The molecule has 0 aliphatic rings. The lowest BCUT2D eigenvalue weighted by Crippen LogP contribution is -2.19. The number of rotatable bonds is 5. The highest BCUT2D eigenvalue weighted by Crippen LogP contribution is 2.24. The van der Waals surface area contributed by atoms with Crippen LogP contribution in [0.3, 0.4) is 0 Å². The molecule has 2 aromatic heterocycles. The summed E-state index contributed by atoms with van der Waals surface area (Å²) in [6.45, 7) is 4.40. The molecule has 2 aromatic carbocycles. The fraction of sp³-hybridized carbons (Fsp3) is 0.318. The van der Waals surface area contributed by atoms with Crippen molar-refractivity contribution in [2.24, 2.45) is 14.1 Å². The minimum atomic E-state index is -0.206. The average molecular weight is 380 g/mol. The molecule has 146 valence electrons. The number of halogens is 1. The summed E-state index contributed by atoms with van der Waals surface area (Å²) in [6, 6.07) is 11.2. The maximum Gasteiger partial charge on any atom is 0.328 e. The minimum Gasteiger partial charge on any atom is -0.347 e. The molecular formula is C22H25FN4O. The quantitative estimate of drug-likeness (QED) is 0.530. The summed E-state index contributed by atoms with van der Waals surface area (Å²) < 4.78 is 19.1. The number of aromatic nitrogens is 3. The lowest BCUT2D eigenvalue weighted by Gasteiger charge is -2.16. The zero-order valence-corrected chi connectivity index (χ0v) is 16.7. The maximum atomic E-state index is 13.7. The molecule has 0 amide bonds. The highest BCUT2D eigenvalue weighted by atomic mass is 19.1. The van der Waals surface area contributed by atoms with Gasteiger partial charge in [-0.05, 0) is 55.4 Å². The molecule has 4 aromatic rings. The van der Waals surface area contributed by atoms with Crippen LogP contribution < -0.4 is 5.69 Å². The first-order valence-corrected chi connectivity index (χ1v) is 9.49. The van der Waals surface area contributed by atoms with E-state index in [0.29, 0.717) is 0 Å². The summed E-state index contributed by atoms with van der Waals surface area (Å²) in [5.41, 5.74) is 5.14. The van der Waals surface area contributed by atoms with Crippen LogP contribution in [0.4, 0.5) is 4.39 Å². The van der Waals surface area contributed by atoms with E-state index < -0.39 is 0 Å². The zero-order chi connectivity index (χ0) is 20.0. The number of hydrogen-bond donors (Lipinski definition) is 0. The van der Waals surface area contributed by atoms with Crippen LogP contribution in [0.25, 0.3) is 21.9 Å². The van der Waals surface area contributed by atoms with Gasteiger partial charge in [0.2, 0.25) is 0 Å². The van der Waals surface area contributed by atoms with Crippen molar-refractivity contribution in [3.8, 4) is 0 Å². The van der Waals surface area contributed by atoms with Crippen LogP contribution in [0.1, 0.15) is 18.1 Å². The van der Waals surface area contributed by atoms with Gasteiger partial charge in [-0.15, -0.1) is 0 Å². The monoisotopic (exact) mass is 380 g/mol. The predicted octanol–water partition coefficient (Wildman–Crippen LogP) is 3.62. The summed E-state index contributed by atoms with van der Waals surface area (Å²) in [5.74, 6) is -0.206. The van der Waals surface area contributed by atoms with Crippen LogP contribution in [0.2, 0.25) is 0 Å². The Hall–Kier alpha value is -2.86. The highest BCUT2D eigenvalue weighted by Gasteiger charge is 2.13. The molecular weight excluding hydrogens is 355 g/mol. The molecule has 0 spiro atoms. The van der Waals surface area contributed by atoms with Crippen LogP contribution in [-0.4, -0.2) is 25.6 Å². The van der Waals surface area contributed by atoms with E-state index in [4.69, 9.17) is 0 Å². The number of hydrogen-bond acceptors (Lipinski definition) is 2. The minimum absolute atomic E-state index is 0.0138. The van der Waals surface area contributed by atoms with Gasteiger partial charge in [-0.3, -0.25) is 14.0 Å². The number of benzene rings is 2. The van der Waals surface area contributed by atoms with Crippen molar-refractivity contribution in [3.05, 3.63) is 70.0 Å². The van der Waals surface area contributed by atoms with Crippen molar-refractivity contribution in [1.82, 2.24) is 18.6 Å². The van der Waals surface area contributed by atoms with Gasteiger partial charge in [-0.25, -0.2) is 9.18 Å². The summed E-state index contributed by atoms with van der Waals surface area (Å²) >= 11 is 0. The Morgan fingerprint density at radius 2 is 1.71 bits per heavy atom. The summed E-state index contributed by atoms with van der Waals surface area (Å²) in [5, 5.41) is 1.09. The van der Waals surface area contributed by atoms with Crippen LogP contribution >= 0.6 is 0 Å². The number of nitrogens with zero attached hydrogens (tertiary/aromatic N) is 4. The molecule has 0 saturated carbocycles. The summed E-state index contributed by atoms with van der Waals surface area (Å²) in [7, 11) is 5.67. The van der Waals surface area contributed by atoms with Gasteiger partial charge in [-0.2, -0.15) is 0 Å². The van der Waals surface area contributed by atoms with Crippen molar-refractivity contribution in [2.45, 2.75) is 26.6 Å². The van der Waals surface area contributed by atoms with Crippen LogP contribution in [0.5, 0.6) is 0 Å². The smallest absolute Gasteiger partial charge is 0.328 e. The van der Waals surface area contributed by atoms with Gasteiger partial charge in [0.25, 0.3) is 0 Å². The van der Waals surface area contributed by atoms with Gasteiger partial charge in [0.15, 0.2) is 0 Å². The average Bonchev–Trinajstić information content (AvgIpc) is 3.12. The zero-order valence-electron chi connectivity index (χ0n) is 16.7. The summed E-state index contributed by atoms with van der Waals surface area (Å²) in [4.78, 5) is 14.4. The molecule has 5 nitrogen and oxygen atoms in total. The molecule has 0 atom stereocenters. The molecule has 0 aliphatic heterocycles. The van der Waals surface area contributed by atoms with Gasteiger partial charge in [0.1, 0.15) is 5.82 Å². The van der Waals surface area contributed by atoms with Gasteiger partial charge < -0.3 is 4.57 Å². The largest absolute Gasteiger partial charge is 0.347 e. The topological polar surface area (TPSA) is 35.1 Å². The lowest BCUT2D eigenvalue weighted by atomic mass is 10.1. The molecule has 0 saturated heterocycles.